The number of amides is 1. The van der Waals surface area contributed by atoms with Crippen molar-refractivity contribution in [2.75, 3.05) is 33.0 Å². The molecule has 0 saturated carbocycles. The van der Waals surface area contributed by atoms with E-state index in [-0.39, 0.29) is 11.7 Å². The number of thiocarbonyl (C=S) groups is 1. The van der Waals surface area contributed by atoms with E-state index < -0.39 is 0 Å². The van der Waals surface area contributed by atoms with Crippen LogP contribution in [0.1, 0.15) is 5.56 Å². The van der Waals surface area contributed by atoms with Gasteiger partial charge in [0, 0.05) is 13.1 Å². The van der Waals surface area contributed by atoms with E-state index in [1.807, 2.05) is 0 Å². The van der Waals surface area contributed by atoms with Crippen LogP contribution in [0, 0.1) is 5.82 Å². The molecule has 7 heteroatoms. The van der Waals surface area contributed by atoms with E-state index in [1.54, 1.807) is 23.1 Å². The van der Waals surface area contributed by atoms with E-state index >= 15 is 0 Å². The van der Waals surface area contributed by atoms with Crippen molar-refractivity contribution in [1.29, 1.82) is 0 Å². The molecule has 1 aromatic carbocycles. The van der Waals surface area contributed by atoms with Crippen LogP contribution < -0.4 is 0 Å². The topological polar surface area (TPSA) is 32.8 Å². The number of hydrogen-bond acceptors (Lipinski definition) is 5. The van der Waals surface area contributed by atoms with E-state index in [9.17, 15) is 9.18 Å². The van der Waals surface area contributed by atoms with Gasteiger partial charge in [-0.05, 0) is 23.8 Å². The van der Waals surface area contributed by atoms with Crippen molar-refractivity contribution in [2.45, 2.75) is 0 Å². The zero-order valence-electron chi connectivity index (χ0n) is 11.8. The highest BCUT2D eigenvalue weighted by atomic mass is 32.2. The Labute approximate surface area is 137 Å². The van der Waals surface area contributed by atoms with Crippen molar-refractivity contribution in [2.24, 2.45) is 0 Å². The zero-order chi connectivity index (χ0) is 15.5. The van der Waals surface area contributed by atoms with Crippen LogP contribution in [0.15, 0.2) is 29.2 Å². The summed E-state index contributed by atoms with van der Waals surface area (Å²) in [5, 5.41) is 0. The summed E-state index contributed by atoms with van der Waals surface area (Å²) in [7, 11) is 0. The lowest BCUT2D eigenvalue weighted by molar-refractivity contribution is -0.124. The smallest absolute Gasteiger partial charge is 0.267 e. The van der Waals surface area contributed by atoms with Crippen molar-refractivity contribution in [3.63, 3.8) is 0 Å². The Kier molecular flexibility index (Phi) is 4.87. The zero-order valence-corrected chi connectivity index (χ0v) is 13.5. The SMILES string of the molecule is O=C1/C(=C/c2cccc(F)c2)SC(=S)N1CN1CCOCC1. The van der Waals surface area contributed by atoms with Crippen LogP contribution in [-0.4, -0.2) is 53.0 Å². The fourth-order valence-electron chi connectivity index (χ4n) is 2.31. The van der Waals surface area contributed by atoms with Gasteiger partial charge in [-0.3, -0.25) is 14.6 Å². The van der Waals surface area contributed by atoms with Gasteiger partial charge in [-0.2, -0.15) is 0 Å². The molecule has 0 aliphatic carbocycles. The summed E-state index contributed by atoms with van der Waals surface area (Å²) in [4.78, 5) is 16.7. The monoisotopic (exact) mass is 338 g/mol. The molecular formula is C15H15FN2O2S2. The van der Waals surface area contributed by atoms with Crippen LogP contribution in [0.2, 0.25) is 0 Å². The van der Waals surface area contributed by atoms with Crippen molar-refractivity contribution in [3.05, 3.63) is 40.6 Å². The van der Waals surface area contributed by atoms with Gasteiger partial charge in [0.2, 0.25) is 0 Å². The molecule has 2 aliphatic heterocycles. The molecule has 0 radical (unpaired) electrons. The lowest BCUT2D eigenvalue weighted by Crippen LogP contribution is -2.45. The second kappa shape index (κ2) is 6.87. The van der Waals surface area contributed by atoms with Crippen LogP contribution in [0.3, 0.4) is 0 Å². The number of halogens is 1. The van der Waals surface area contributed by atoms with Crippen LogP contribution in [0.4, 0.5) is 4.39 Å². The minimum atomic E-state index is -0.322. The molecule has 0 spiro atoms. The average Bonchev–Trinajstić information content (AvgIpc) is 2.76. The van der Waals surface area contributed by atoms with Gasteiger partial charge in [0.15, 0.2) is 0 Å². The molecule has 2 fully saturated rings. The molecule has 22 heavy (non-hydrogen) atoms. The first-order valence-electron chi connectivity index (χ1n) is 6.94. The standard InChI is InChI=1S/C15H15FN2O2S2/c16-12-3-1-2-11(8-12)9-13-14(19)18(15(21)22-13)10-17-4-6-20-7-5-17/h1-3,8-9H,4-7,10H2/b13-9-. The van der Waals surface area contributed by atoms with E-state index in [2.05, 4.69) is 4.90 Å². The quantitative estimate of drug-likeness (QED) is 0.624. The number of ether oxygens (including phenoxy) is 1. The first kappa shape index (κ1) is 15.6. The number of benzene rings is 1. The molecule has 2 aliphatic rings. The molecule has 4 nitrogen and oxygen atoms in total. The van der Waals surface area contributed by atoms with Crippen molar-refractivity contribution >= 4 is 40.3 Å². The number of carbonyl (C=O) groups excluding carboxylic acids is 1. The fraction of sp³-hybridized carbons (Fsp3) is 0.333. The predicted molar refractivity (Wildman–Crippen MR) is 88.7 cm³/mol. The summed E-state index contributed by atoms with van der Waals surface area (Å²) >= 11 is 6.56. The highest BCUT2D eigenvalue weighted by Crippen LogP contribution is 2.32. The van der Waals surface area contributed by atoms with Gasteiger partial charge in [-0.1, -0.05) is 36.1 Å². The van der Waals surface area contributed by atoms with Gasteiger partial charge < -0.3 is 4.74 Å². The van der Waals surface area contributed by atoms with Gasteiger partial charge in [-0.25, -0.2) is 4.39 Å². The Bertz CT molecular complexity index is 630. The van der Waals surface area contributed by atoms with Gasteiger partial charge >= 0.3 is 0 Å². The van der Waals surface area contributed by atoms with E-state index in [0.29, 0.717) is 34.7 Å². The number of nitrogens with zero attached hydrogens (tertiary/aromatic N) is 2. The maximum atomic E-state index is 13.2. The molecule has 0 aromatic heterocycles. The van der Waals surface area contributed by atoms with Crippen LogP contribution in [-0.2, 0) is 9.53 Å². The van der Waals surface area contributed by atoms with Crippen molar-refractivity contribution in [3.8, 4) is 0 Å². The minimum Gasteiger partial charge on any atom is -0.379 e. The number of carbonyl (C=O) groups is 1. The summed E-state index contributed by atoms with van der Waals surface area (Å²) in [5.74, 6) is -0.441. The van der Waals surface area contributed by atoms with E-state index in [4.69, 9.17) is 17.0 Å². The van der Waals surface area contributed by atoms with Gasteiger partial charge in [0.25, 0.3) is 5.91 Å². The third-order valence-corrected chi connectivity index (χ3v) is 4.84. The lowest BCUT2D eigenvalue weighted by Gasteiger charge is -2.29. The second-order valence-corrected chi connectivity index (χ2v) is 6.71. The number of hydrogen-bond donors (Lipinski definition) is 0. The maximum Gasteiger partial charge on any atom is 0.267 e. The second-order valence-electron chi connectivity index (χ2n) is 5.04. The summed E-state index contributed by atoms with van der Waals surface area (Å²) in [6.07, 6.45) is 1.68. The number of rotatable bonds is 3. The highest BCUT2D eigenvalue weighted by Gasteiger charge is 2.33. The summed E-state index contributed by atoms with van der Waals surface area (Å²) in [6, 6.07) is 6.16. The Morgan fingerprint density at radius 1 is 1.36 bits per heavy atom. The third kappa shape index (κ3) is 3.55. The molecule has 0 bridgehead atoms. The summed E-state index contributed by atoms with van der Waals surface area (Å²) in [6.45, 7) is 3.41. The van der Waals surface area contributed by atoms with E-state index in [1.165, 1.54) is 23.9 Å². The molecule has 0 unspecified atom stereocenters. The fourth-order valence-corrected chi connectivity index (χ4v) is 3.55. The van der Waals surface area contributed by atoms with Crippen LogP contribution in [0.25, 0.3) is 6.08 Å². The van der Waals surface area contributed by atoms with Gasteiger partial charge in [-0.15, -0.1) is 0 Å². The molecule has 1 aromatic rings. The van der Waals surface area contributed by atoms with Crippen molar-refractivity contribution in [1.82, 2.24) is 9.80 Å². The number of thioether (sulfide) groups is 1. The first-order chi connectivity index (χ1) is 10.6. The Hall–Kier alpha value is -1.28. The Morgan fingerprint density at radius 2 is 2.14 bits per heavy atom. The van der Waals surface area contributed by atoms with Crippen LogP contribution in [0.5, 0.6) is 0 Å². The highest BCUT2D eigenvalue weighted by molar-refractivity contribution is 8.26. The molecule has 0 N–H and O–H groups in total. The largest absolute Gasteiger partial charge is 0.379 e. The summed E-state index contributed by atoms with van der Waals surface area (Å²) in [5.41, 5.74) is 0.659. The summed E-state index contributed by atoms with van der Waals surface area (Å²) < 4.78 is 19.1. The predicted octanol–water partition coefficient (Wildman–Crippen LogP) is 2.32. The maximum absolute atomic E-state index is 13.2. The Balaban J connectivity index is 1.73. The molecule has 2 saturated heterocycles. The minimum absolute atomic E-state index is 0.120. The van der Waals surface area contributed by atoms with Crippen LogP contribution >= 0.6 is 24.0 Å². The molecule has 116 valence electrons. The molecule has 2 heterocycles. The number of morpholine rings is 1. The molecule has 0 atom stereocenters. The first-order valence-corrected chi connectivity index (χ1v) is 8.17. The Morgan fingerprint density at radius 3 is 2.86 bits per heavy atom. The van der Waals surface area contributed by atoms with Gasteiger partial charge in [0.1, 0.15) is 10.1 Å². The van der Waals surface area contributed by atoms with Crippen molar-refractivity contribution < 1.29 is 13.9 Å². The third-order valence-electron chi connectivity index (χ3n) is 3.47. The average molecular weight is 338 g/mol. The molecule has 3 rings (SSSR count). The lowest BCUT2D eigenvalue weighted by atomic mass is 10.2. The molecular weight excluding hydrogens is 323 g/mol. The molecule has 1 amide bonds. The normalized spacial score (nSPS) is 21.9. The van der Waals surface area contributed by atoms with Gasteiger partial charge in [0.05, 0.1) is 24.8 Å². The van der Waals surface area contributed by atoms with E-state index in [0.717, 1.165) is 13.1 Å².